The van der Waals surface area contributed by atoms with Crippen molar-refractivity contribution in [3.8, 4) is 55.6 Å². The van der Waals surface area contributed by atoms with Crippen molar-refractivity contribution in [1.29, 1.82) is 0 Å². The molecule has 0 N–H and O–H groups in total. The Morgan fingerprint density at radius 2 is 0.684 bits per heavy atom. The Hall–Kier alpha value is -7.48. The van der Waals surface area contributed by atoms with Gasteiger partial charge in [0, 0.05) is 17.1 Å². The first-order valence-electron chi connectivity index (χ1n) is 19.6. The van der Waals surface area contributed by atoms with Gasteiger partial charge in [-0.15, -0.1) is 0 Å². The van der Waals surface area contributed by atoms with Crippen molar-refractivity contribution in [3.05, 3.63) is 237 Å². The number of rotatable bonds is 8. The van der Waals surface area contributed by atoms with Gasteiger partial charge in [0.05, 0.1) is 0 Å². The van der Waals surface area contributed by atoms with Crippen LogP contribution in [0.25, 0.3) is 77.2 Å². The molecule has 0 aromatic heterocycles. The Morgan fingerprint density at radius 1 is 0.211 bits per heavy atom. The van der Waals surface area contributed by atoms with Gasteiger partial charge < -0.3 is 4.90 Å². The summed E-state index contributed by atoms with van der Waals surface area (Å²) in [5, 5.41) is 5.04. The van der Waals surface area contributed by atoms with E-state index in [-0.39, 0.29) is 0 Å². The van der Waals surface area contributed by atoms with Gasteiger partial charge in [0.2, 0.25) is 0 Å². The van der Waals surface area contributed by atoms with Gasteiger partial charge in [0.1, 0.15) is 0 Å². The van der Waals surface area contributed by atoms with Gasteiger partial charge in [-0.05, 0) is 126 Å². The Labute approximate surface area is 334 Å². The molecule has 0 heterocycles. The fourth-order valence-corrected chi connectivity index (χ4v) is 8.24. The molecule has 0 fully saturated rings. The van der Waals surface area contributed by atoms with Crippen molar-refractivity contribution >= 4 is 38.6 Å². The maximum Gasteiger partial charge on any atom is 0.0467 e. The van der Waals surface area contributed by atoms with Crippen LogP contribution >= 0.6 is 0 Å². The van der Waals surface area contributed by atoms with Crippen LogP contribution < -0.4 is 4.90 Å². The Balaban J connectivity index is 1.09. The first-order valence-corrected chi connectivity index (χ1v) is 19.6. The standard InChI is InChI=1S/C56H39N/c1-4-15-40(16-5-1)42-27-32-48(33-28-42)57(50-23-14-22-46(37-50)56-39-47-21-10-11-24-51(47)53-25-12-13-26-54(53)56)49-34-29-44(30-35-49)52-36-31-45(41-17-6-2-7-18-41)38-55(52)43-19-8-3-9-20-43/h1-39H. The predicted molar refractivity (Wildman–Crippen MR) is 243 cm³/mol. The molecule has 0 amide bonds. The normalized spacial score (nSPS) is 11.2. The van der Waals surface area contributed by atoms with Crippen LogP contribution in [-0.4, -0.2) is 0 Å². The van der Waals surface area contributed by atoms with Crippen LogP contribution in [0.1, 0.15) is 0 Å². The smallest absolute Gasteiger partial charge is 0.0467 e. The van der Waals surface area contributed by atoms with E-state index in [9.17, 15) is 0 Å². The summed E-state index contributed by atoms with van der Waals surface area (Å²) in [4.78, 5) is 2.38. The third-order valence-electron chi connectivity index (χ3n) is 11.1. The molecule has 57 heavy (non-hydrogen) atoms. The molecule has 10 aromatic rings. The first-order chi connectivity index (χ1) is 28.3. The lowest BCUT2D eigenvalue weighted by Gasteiger charge is -2.27. The van der Waals surface area contributed by atoms with E-state index in [0.29, 0.717) is 0 Å². The average molecular weight is 726 g/mol. The molecule has 0 radical (unpaired) electrons. The van der Waals surface area contributed by atoms with Crippen LogP contribution in [0, 0.1) is 0 Å². The minimum absolute atomic E-state index is 1.09. The van der Waals surface area contributed by atoms with Gasteiger partial charge >= 0.3 is 0 Å². The second-order valence-corrected chi connectivity index (χ2v) is 14.5. The van der Waals surface area contributed by atoms with Crippen LogP contribution in [0.5, 0.6) is 0 Å². The van der Waals surface area contributed by atoms with Crippen molar-refractivity contribution in [1.82, 2.24) is 0 Å². The molecule has 0 aliphatic rings. The fraction of sp³-hybridized carbons (Fsp3) is 0. The molecule has 0 atom stereocenters. The molecule has 0 spiro atoms. The van der Waals surface area contributed by atoms with Gasteiger partial charge in [-0.3, -0.25) is 0 Å². The van der Waals surface area contributed by atoms with Crippen molar-refractivity contribution < 1.29 is 0 Å². The molecule has 0 saturated heterocycles. The second kappa shape index (κ2) is 15.0. The maximum atomic E-state index is 2.38. The van der Waals surface area contributed by atoms with Crippen LogP contribution in [0.15, 0.2) is 237 Å². The Morgan fingerprint density at radius 3 is 1.35 bits per heavy atom. The topological polar surface area (TPSA) is 3.24 Å². The number of anilines is 3. The Kier molecular flexibility index (Phi) is 8.95. The van der Waals surface area contributed by atoms with Crippen LogP contribution in [0.3, 0.4) is 0 Å². The summed E-state index contributed by atoms with van der Waals surface area (Å²) in [7, 11) is 0. The van der Waals surface area contributed by atoms with Crippen molar-refractivity contribution in [2.75, 3.05) is 4.90 Å². The molecule has 0 saturated carbocycles. The molecule has 268 valence electrons. The van der Waals surface area contributed by atoms with E-state index in [1.807, 2.05) is 0 Å². The summed E-state index contributed by atoms with van der Waals surface area (Å²) in [6.07, 6.45) is 0. The average Bonchev–Trinajstić information content (AvgIpc) is 3.30. The molecule has 1 nitrogen and oxygen atoms in total. The largest absolute Gasteiger partial charge is 0.310 e. The summed E-state index contributed by atoms with van der Waals surface area (Å²) in [6.45, 7) is 0. The third-order valence-corrected chi connectivity index (χ3v) is 11.1. The molecule has 1 heteroatoms. The summed E-state index contributed by atoms with van der Waals surface area (Å²) in [5.74, 6) is 0. The highest BCUT2D eigenvalue weighted by Crippen LogP contribution is 2.42. The second-order valence-electron chi connectivity index (χ2n) is 14.5. The maximum absolute atomic E-state index is 2.38. The van der Waals surface area contributed by atoms with Gasteiger partial charge in [-0.25, -0.2) is 0 Å². The van der Waals surface area contributed by atoms with Crippen molar-refractivity contribution in [2.24, 2.45) is 0 Å². The van der Waals surface area contributed by atoms with E-state index in [1.54, 1.807) is 0 Å². The molecule has 0 bridgehead atoms. The number of hydrogen-bond acceptors (Lipinski definition) is 1. The Bertz CT molecular complexity index is 2970. The monoisotopic (exact) mass is 725 g/mol. The highest BCUT2D eigenvalue weighted by molar-refractivity contribution is 6.14. The SMILES string of the molecule is c1ccc(-c2ccc(N(c3ccc(-c4ccc(-c5ccccc5)cc4-c4ccccc4)cc3)c3cccc(-c4cc5ccccc5c5ccccc45)c3)cc2)cc1. The zero-order valence-electron chi connectivity index (χ0n) is 31.5. The van der Waals surface area contributed by atoms with Crippen molar-refractivity contribution in [3.63, 3.8) is 0 Å². The van der Waals surface area contributed by atoms with Gasteiger partial charge in [0.25, 0.3) is 0 Å². The number of fused-ring (bicyclic) bond motifs is 3. The molecule has 10 rings (SSSR count). The summed E-state index contributed by atoms with van der Waals surface area (Å²) in [6, 6.07) is 85.6. The highest BCUT2D eigenvalue weighted by Gasteiger charge is 2.17. The minimum Gasteiger partial charge on any atom is -0.310 e. The number of hydrogen-bond donors (Lipinski definition) is 0. The van der Waals surface area contributed by atoms with Crippen LogP contribution in [0.4, 0.5) is 17.1 Å². The van der Waals surface area contributed by atoms with E-state index >= 15 is 0 Å². The molecular formula is C56H39N. The lowest BCUT2D eigenvalue weighted by Crippen LogP contribution is -2.10. The summed E-state index contributed by atoms with van der Waals surface area (Å²) < 4.78 is 0. The quantitative estimate of drug-likeness (QED) is 0.141. The lowest BCUT2D eigenvalue weighted by molar-refractivity contribution is 1.28. The van der Waals surface area contributed by atoms with E-state index < -0.39 is 0 Å². The minimum atomic E-state index is 1.09. The van der Waals surface area contributed by atoms with Gasteiger partial charge in [0.15, 0.2) is 0 Å². The zero-order valence-corrected chi connectivity index (χ0v) is 31.5. The van der Waals surface area contributed by atoms with Crippen molar-refractivity contribution in [2.45, 2.75) is 0 Å². The number of nitrogens with zero attached hydrogens (tertiary/aromatic N) is 1. The first kappa shape index (κ1) is 34.0. The van der Waals surface area contributed by atoms with E-state index in [4.69, 9.17) is 0 Å². The van der Waals surface area contributed by atoms with E-state index in [0.717, 1.165) is 17.1 Å². The zero-order chi connectivity index (χ0) is 38.0. The van der Waals surface area contributed by atoms with Gasteiger partial charge in [-0.2, -0.15) is 0 Å². The summed E-state index contributed by atoms with van der Waals surface area (Å²) >= 11 is 0. The molecule has 0 aliphatic carbocycles. The lowest BCUT2D eigenvalue weighted by atomic mass is 9.91. The predicted octanol–water partition coefficient (Wildman–Crippen LogP) is 15.8. The molecular weight excluding hydrogens is 687 g/mol. The van der Waals surface area contributed by atoms with Gasteiger partial charge in [-0.1, -0.05) is 188 Å². The summed E-state index contributed by atoms with van der Waals surface area (Å²) in [5.41, 5.74) is 15.3. The van der Waals surface area contributed by atoms with E-state index in [1.165, 1.54) is 77.2 Å². The third kappa shape index (κ3) is 6.66. The molecule has 0 aliphatic heterocycles. The molecule has 10 aromatic carbocycles. The highest BCUT2D eigenvalue weighted by atomic mass is 15.1. The fourth-order valence-electron chi connectivity index (χ4n) is 8.24. The van der Waals surface area contributed by atoms with Crippen LogP contribution in [0.2, 0.25) is 0 Å². The van der Waals surface area contributed by atoms with Crippen LogP contribution in [-0.2, 0) is 0 Å². The number of benzene rings is 10. The van der Waals surface area contributed by atoms with E-state index in [2.05, 4.69) is 241 Å². The molecule has 0 unspecified atom stereocenters.